The van der Waals surface area contributed by atoms with Crippen LogP contribution in [0.4, 0.5) is 60.4 Å². The molecule has 0 unspecified atom stereocenters. The molecule has 6 aliphatic heterocycles. The first kappa shape index (κ1) is 93.0. The standard InChI is InChI=1S/C36H35F2N5O4.C36H38N6O4.C35H34N6O5/c1-41-20-30(40-32(35(41)47)39-26-10-7-23(8-11-26)33(45)42-17-14-36(37,38)15-18-42)28-3-2-4-31(29(28)21-44)43-16-13-25-19-24(22-5-6-22)9-12-27(25)34(43)46;1-40-20-31(39-33(36(40)46)38-27-10-7-23(8-11-27)34(44)41-16-14-26(37)15-17-41)29-3-2-4-32(30(29)21-43)42-18-13-25-19-24(22-5-6-22)9-12-28(25)35(42)45;1-39-18-29(38-32(35(39)46)37-25-10-7-22(8-11-25)33(44)40-16-14-36-31(43)19-40)27-3-2-4-30(28(27)20-42)41-15-13-24-17-23(21-5-6-21)9-12-26(24)34(41)45/h2-4,7-12,19-20,22,44H,5-6,13-18,21H2,1H3,(H,39,40);2-4,7-12,19-20,22,26,43H,5-6,13-18,21,37H2,1H3,(H,38,39);2-4,7-12,17-18,21,42H,5-6,13-16,19-20H2,1H3,(H,36,43)(H,37,38). The average molecular weight is 1880 g/mol. The number of hydrogen-bond donors (Lipinski definition) is 8. The number of likely N-dealkylation sites (tertiary alicyclic amines) is 2. The lowest BCUT2D eigenvalue weighted by atomic mass is 9.93. The lowest BCUT2D eigenvalue weighted by molar-refractivity contribution is -0.123. The van der Waals surface area contributed by atoms with E-state index in [1.807, 2.05) is 77.7 Å². The molecule has 0 radical (unpaired) electrons. The van der Waals surface area contributed by atoms with Crippen LogP contribution in [-0.4, -0.2) is 177 Å². The number of carbonyl (C=O) groups excluding carboxylic acids is 7. The summed E-state index contributed by atoms with van der Waals surface area (Å²) < 4.78 is 31.3. The van der Waals surface area contributed by atoms with Gasteiger partial charge in [-0.15, -0.1) is 0 Å². The molecule has 3 aliphatic carbocycles. The number of aliphatic hydroxyl groups is 3. The summed E-state index contributed by atoms with van der Waals surface area (Å²) in [6.07, 6.45) is 15.1. The summed E-state index contributed by atoms with van der Waals surface area (Å²) in [5.74, 6) is -1.79. The molecular weight excluding hydrogens is 1770 g/mol. The second-order valence-electron chi connectivity index (χ2n) is 37.2. The van der Waals surface area contributed by atoms with Crippen molar-refractivity contribution in [1.29, 1.82) is 0 Å². The van der Waals surface area contributed by atoms with E-state index in [1.54, 1.807) is 133 Å². The Balaban J connectivity index is 0.000000133. The number of nitrogens with two attached hydrogens (primary N) is 1. The Hall–Kier alpha value is -15.0. The average Bonchev–Trinajstić information content (AvgIpc) is 1.51. The van der Waals surface area contributed by atoms with Gasteiger partial charge in [0.2, 0.25) is 5.91 Å². The van der Waals surface area contributed by atoms with Crippen molar-refractivity contribution in [3.63, 3.8) is 0 Å². The highest BCUT2D eigenvalue weighted by atomic mass is 19.3. The normalized spacial score (nSPS) is 16.8. The van der Waals surface area contributed by atoms with Crippen LogP contribution in [0.3, 0.4) is 0 Å². The maximum Gasteiger partial charge on any atom is 0.293 e. The van der Waals surface area contributed by atoms with Crippen LogP contribution in [0.15, 0.2) is 215 Å². The molecule has 9 N–H and O–H groups in total. The van der Waals surface area contributed by atoms with E-state index in [1.165, 1.54) is 78.7 Å². The Labute approximate surface area is 799 Å². The van der Waals surface area contributed by atoms with Crippen LogP contribution in [0.25, 0.3) is 33.8 Å². The predicted molar refractivity (Wildman–Crippen MR) is 525 cm³/mol. The van der Waals surface area contributed by atoms with E-state index in [2.05, 4.69) is 66.6 Å². The van der Waals surface area contributed by atoms with Gasteiger partial charge in [0.15, 0.2) is 17.5 Å². The summed E-state index contributed by atoms with van der Waals surface area (Å²) in [6.45, 7) is 2.64. The van der Waals surface area contributed by atoms with E-state index in [0.29, 0.717) is 188 Å². The number of nitrogens with one attached hydrogen (secondary N) is 4. The molecule has 32 heteroatoms. The van der Waals surface area contributed by atoms with E-state index < -0.39 is 11.5 Å². The summed E-state index contributed by atoms with van der Waals surface area (Å²) >= 11 is 0. The smallest absolute Gasteiger partial charge is 0.293 e. The third-order valence-electron chi connectivity index (χ3n) is 27.7. The second-order valence-corrected chi connectivity index (χ2v) is 37.2. The number of aliphatic hydroxyl groups excluding tert-OH is 3. The first-order chi connectivity index (χ1) is 67.2. The van der Waals surface area contributed by atoms with Crippen molar-refractivity contribution < 1.29 is 57.7 Å². The third kappa shape index (κ3) is 19.7. The molecule has 9 aliphatic rings. The third-order valence-corrected chi connectivity index (χ3v) is 27.7. The SMILES string of the molecule is Cn1cc(-c2cccc(N3CCc4cc(C5CC5)ccc4C3=O)c2CO)nc(Nc2ccc(C(=O)N3CCC(F)(F)CC3)cc2)c1=O.Cn1cc(-c2cccc(N3CCc4cc(C5CC5)ccc4C3=O)c2CO)nc(Nc2ccc(C(=O)N3CCC(N)CC3)cc2)c1=O.Cn1cc(-c2cccc(N3CCc4cc(C5CC5)ccc4C3=O)c2CO)nc(Nc2ccc(C(=O)N3CCNC(=O)C3)cc2)c1=O. The summed E-state index contributed by atoms with van der Waals surface area (Å²) in [6, 6.07) is 55.1. The molecule has 7 amide bonds. The molecule has 9 aromatic carbocycles. The molecule has 9 heterocycles. The highest BCUT2D eigenvalue weighted by Crippen LogP contribution is 2.46. The number of fused-ring (bicyclic) bond motifs is 3. The topological polar surface area (TPSA) is 378 Å². The fourth-order valence-electron chi connectivity index (χ4n) is 19.4. The highest BCUT2D eigenvalue weighted by molar-refractivity contribution is 6.11. The number of rotatable bonds is 21. The van der Waals surface area contributed by atoms with Gasteiger partial charge in [0.05, 0.1) is 60.5 Å². The molecule has 30 nitrogen and oxygen atoms in total. The van der Waals surface area contributed by atoms with Crippen LogP contribution in [0.2, 0.25) is 0 Å². The molecule has 0 bridgehead atoms. The molecule has 3 aromatic heterocycles. The van der Waals surface area contributed by atoms with Crippen LogP contribution in [-0.2, 0) is 65.0 Å². The van der Waals surface area contributed by atoms with Crippen molar-refractivity contribution in [2.75, 3.05) is 96.1 Å². The Kier molecular flexibility index (Phi) is 26.3. The quantitative estimate of drug-likeness (QED) is 0.0331. The minimum absolute atomic E-state index is 0.00392. The molecule has 139 heavy (non-hydrogen) atoms. The number of anilines is 9. The zero-order valence-electron chi connectivity index (χ0n) is 77.4. The molecule has 0 spiro atoms. The van der Waals surface area contributed by atoms with Gasteiger partial charge < -0.3 is 85.4 Å². The number of halogens is 2. The molecule has 6 fully saturated rings. The second kappa shape index (κ2) is 39.2. The number of benzene rings is 9. The Bertz CT molecular complexity index is 7060. The van der Waals surface area contributed by atoms with Crippen LogP contribution < -0.4 is 58.4 Å². The molecule has 0 atom stereocenters. The summed E-state index contributed by atoms with van der Waals surface area (Å²) in [7, 11) is 4.87. The number of hydrogen-bond acceptors (Lipinski definition) is 20. The predicted octanol–water partition coefficient (Wildman–Crippen LogP) is 13.3. The number of piperidine rings is 2. The largest absolute Gasteiger partial charge is 0.392 e. The number of aromatic nitrogens is 6. The lowest BCUT2D eigenvalue weighted by Crippen LogP contribution is -2.49. The zero-order chi connectivity index (χ0) is 96.8. The van der Waals surface area contributed by atoms with Crippen molar-refractivity contribution >= 4 is 92.9 Å². The van der Waals surface area contributed by atoms with Crippen LogP contribution in [0.1, 0.15) is 194 Å². The molecule has 21 rings (SSSR count). The van der Waals surface area contributed by atoms with Crippen molar-refractivity contribution in [1.82, 2.24) is 48.7 Å². The monoisotopic (exact) mass is 1880 g/mol. The van der Waals surface area contributed by atoms with Gasteiger partial charge in [-0.2, -0.15) is 0 Å². The molecule has 3 saturated heterocycles. The first-order valence-corrected chi connectivity index (χ1v) is 47.4. The lowest BCUT2D eigenvalue weighted by Gasteiger charge is -2.31. The Morgan fingerprint density at radius 1 is 0.396 bits per heavy atom. The van der Waals surface area contributed by atoms with Crippen molar-refractivity contribution in [3.8, 4) is 33.8 Å². The number of amides is 7. The number of aryl methyl sites for hydroxylation is 3. The fraction of sp³-hybridized carbons (Fsp3) is 0.318. The van der Waals surface area contributed by atoms with E-state index in [-0.39, 0.29) is 128 Å². The molecular formula is C107H107F2N17O13. The van der Waals surface area contributed by atoms with Gasteiger partial charge in [0, 0.05) is 201 Å². The number of alkyl halides is 2. The van der Waals surface area contributed by atoms with Gasteiger partial charge in [0.1, 0.15) is 0 Å². The first-order valence-electron chi connectivity index (χ1n) is 47.4. The van der Waals surface area contributed by atoms with E-state index in [0.717, 1.165) is 42.4 Å². The van der Waals surface area contributed by atoms with Crippen molar-refractivity contribution in [3.05, 3.63) is 315 Å². The summed E-state index contributed by atoms with van der Waals surface area (Å²) in [5, 5.41) is 43.7. The molecule has 12 aromatic rings. The van der Waals surface area contributed by atoms with E-state index >= 15 is 0 Å². The minimum atomic E-state index is -2.74. The minimum Gasteiger partial charge on any atom is -0.392 e. The van der Waals surface area contributed by atoms with Gasteiger partial charge in [-0.1, -0.05) is 72.8 Å². The van der Waals surface area contributed by atoms with Crippen LogP contribution in [0.5, 0.6) is 0 Å². The van der Waals surface area contributed by atoms with Gasteiger partial charge in [-0.05, 0) is 231 Å². The van der Waals surface area contributed by atoms with Gasteiger partial charge >= 0.3 is 0 Å². The van der Waals surface area contributed by atoms with Crippen LogP contribution in [0, 0.1) is 0 Å². The van der Waals surface area contributed by atoms with Crippen molar-refractivity contribution in [2.45, 2.75) is 133 Å². The Morgan fingerprint density at radius 2 is 0.712 bits per heavy atom. The van der Waals surface area contributed by atoms with Gasteiger partial charge in [0.25, 0.3) is 58.0 Å². The highest BCUT2D eigenvalue weighted by Gasteiger charge is 2.39. The van der Waals surface area contributed by atoms with Crippen LogP contribution >= 0.6 is 0 Å². The number of piperazine rings is 1. The molecule has 3 saturated carbocycles. The Morgan fingerprint density at radius 3 is 1.02 bits per heavy atom. The summed E-state index contributed by atoms with van der Waals surface area (Å²) in [4.78, 5) is 155. The maximum atomic E-state index is 13.7. The summed E-state index contributed by atoms with van der Waals surface area (Å²) in [5.41, 5.74) is 23.7. The van der Waals surface area contributed by atoms with Gasteiger partial charge in [-0.3, -0.25) is 47.9 Å². The van der Waals surface area contributed by atoms with Crippen molar-refractivity contribution in [2.24, 2.45) is 26.9 Å². The molecule has 712 valence electrons. The van der Waals surface area contributed by atoms with Gasteiger partial charge in [-0.25, -0.2) is 23.7 Å². The zero-order valence-corrected chi connectivity index (χ0v) is 77.4. The number of nitrogens with zero attached hydrogens (tertiary/aromatic N) is 12. The fourth-order valence-corrected chi connectivity index (χ4v) is 19.4. The van der Waals surface area contributed by atoms with E-state index in [4.69, 9.17) is 5.73 Å². The maximum absolute atomic E-state index is 13.7. The number of carbonyl (C=O) groups is 7. The van der Waals surface area contributed by atoms with E-state index in [9.17, 15) is 72.0 Å².